The number of anilines is 2. The molecule has 2 saturated heterocycles. The second-order valence-electron chi connectivity index (χ2n) is 10.7. The van der Waals surface area contributed by atoms with E-state index in [1.807, 2.05) is 0 Å². The van der Waals surface area contributed by atoms with E-state index in [2.05, 4.69) is 61.3 Å². The number of imidazole rings is 1. The van der Waals surface area contributed by atoms with E-state index in [1.165, 1.54) is 36.1 Å². The Balaban J connectivity index is 1.15. The van der Waals surface area contributed by atoms with Crippen molar-refractivity contribution < 1.29 is 4.79 Å². The summed E-state index contributed by atoms with van der Waals surface area (Å²) in [7, 11) is 0. The number of fused-ring (bicyclic) bond motifs is 3. The minimum absolute atomic E-state index is 0.0106. The van der Waals surface area contributed by atoms with Crippen LogP contribution in [0.1, 0.15) is 49.1 Å². The van der Waals surface area contributed by atoms with Crippen molar-refractivity contribution in [2.24, 2.45) is 5.92 Å². The van der Waals surface area contributed by atoms with Crippen LogP contribution in [0, 0.1) is 19.8 Å². The number of amides is 1. The maximum atomic E-state index is 13.6. The van der Waals surface area contributed by atoms with Crippen LogP contribution in [0.15, 0.2) is 24.5 Å². The van der Waals surface area contributed by atoms with Crippen LogP contribution in [0.25, 0.3) is 11.2 Å². The van der Waals surface area contributed by atoms with Gasteiger partial charge in [-0.3, -0.25) is 4.79 Å². The summed E-state index contributed by atoms with van der Waals surface area (Å²) in [4.78, 5) is 34.7. The molecule has 0 bridgehead atoms. The summed E-state index contributed by atoms with van der Waals surface area (Å²) < 4.78 is 2.29. The van der Waals surface area contributed by atoms with Crippen molar-refractivity contribution in [3.8, 4) is 0 Å². The predicted octanol–water partition coefficient (Wildman–Crippen LogP) is 3.73. The SMILES string of the molecule is Cc1cccc(N2CCN(C(=O)[C@H]3CCCN(c4ncnc5c4nc4n5CCCCC4)C3)CC2)c1C. The highest BCUT2D eigenvalue weighted by Gasteiger charge is 2.33. The molecule has 36 heavy (non-hydrogen) atoms. The van der Waals surface area contributed by atoms with Gasteiger partial charge in [-0.2, -0.15) is 0 Å². The Morgan fingerprint density at radius 1 is 0.917 bits per heavy atom. The third-order valence-electron chi connectivity index (χ3n) is 8.45. The Labute approximate surface area is 213 Å². The summed E-state index contributed by atoms with van der Waals surface area (Å²) in [5.41, 5.74) is 5.82. The van der Waals surface area contributed by atoms with Crippen molar-refractivity contribution in [2.75, 3.05) is 49.1 Å². The van der Waals surface area contributed by atoms with Crippen molar-refractivity contribution in [1.29, 1.82) is 0 Å². The number of hydrogen-bond donors (Lipinski definition) is 0. The maximum absolute atomic E-state index is 13.6. The van der Waals surface area contributed by atoms with E-state index in [9.17, 15) is 4.79 Å². The molecule has 2 aromatic heterocycles. The summed E-state index contributed by atoms with van der Waals surface area (Å²) in [6, 6.07) is 6.50. The Morgan fingerprint density at radius 3 is 2.64 bits per heavy atom. The first-order chi connectivity index (χ1) is 17.6. The fourth-order valence-corrected chi connectivity index (χ4v) is 6.23. The Bertz CT molecular complexity index is 1260. The zero-order valence-electron chi connectivity index (χ0n) is 21.6. The van der Waals surface area contributed by atoms with Gasteiger partial charge in [0.25, 0.3) is 0 Å². The number of hydrogen-bond acceptors (Lipinski definition) is 6. The average molecular weight is 488 g/mol. The van der Waals surface area contributed by atoms with Gasteiger partial charge in [-0.1, -0.05) is 18.6 Å². The zero-order chi connectivity index (χ0) is 24.6. The Kier molecular flexibility index (Phi) is 6.27. The van der Waals surface area contributed by atoms with Gasteiger partial charge in [-0.15, -0.1) is 0 Å². The van der Waals surface area contributed by atoms with Crippen molar-refractivity contribution >= 4 is 28.6 Å². The van der Waals surface area contributed by atoms with Gasteiger partial charge < -0.3 is 19.3 Å². The molecule has 5 heterocycles. The van der Waals surface area contributed by atoms with Gasteiger partial charge >= 0.3 is 0 Å². The van der Waals surface area contributed by atoms with Crippen LogP contribution < -0.4 is 9.80 Å². The van der Waals surface area contributed by atoms with Crippen LogP contribution in [-0.4, -0.2) is 69.6 Å². The van der Waals surface area contributed by atoms with Crippen LogP contribution in [0.2, 0.25) is 0 Å². The van der Waals surface area contributed by atoms with Gasteiger partial charge in [0, 0.05) is 57.9 Å². The number of aryl methyl sites for hydroxylation is 3. The van der Waals surface area contributed by atoms with Gasteiger partial charge in [0.2, 0.25) is 5.91 Å². The van der Waals surface area contributed by atoms with Crippen LogP contribution in [0.4, 0.5) is 11.5 Å². The third kappa shape index (κ3) is 4.20. The van der Waals surface area contributed by atoms with Crippen molar-refractivity contribution in [3.05, 3.63) is 41.5 Å². The molecule has 0 N–H and O–H groups in total. The third-order valence-corrected chi connectivity index (χ3v) is 8.45. The van der Waals surface area contributed by atoms with E-state index < -0.39 is 0 Å². The molecule has 0 unspecified atom stereocenters. The summed E-state index contributed by atoms with van der Waals surface area (Å²) in [6.45, 7) is 10.3. The molecule has 2 fully saturated rings. The number of nitrogens with zero attached hydrogens (tertiary/aromatic N) is 7. The molecule has 3 aromatic rings. The number of aromatic nitrogens is 4. The van der Waals surface area contributed by atoms with Gasteiger partial charge in [-0.25, -0.2) is 15.0 Å². The molecular formula is C28H37N7O. The molecule has 0 radical (unpaired) electrons. The largest absolute Gasteiger partial charge is 0.368 e. The maximum Gasteiger partial charge on any atom is 0.227 e. The Morgan fingerprint density at radius 2 is 1.78 bits per heavy atom. The second-order valence-corrected chi connectivity index (χ2v) is 10.7. The molecular weight excluding hydrogens is 450 g/mol. The highest BCUT2D eigenvalue weighted by atomic mass is 16.2. The summed E-state index contributed by atoms with van der Waals surface area (Å²) in [5, 5.41) is 0. The van der Waals surface area contributed by atoms with Crippen LogP contribution in [-0.2, 0) is 17.8 Å². The highest BCUT2D eigenvalue weighted by Crippen LogP contribution is 2.30. The topological polar surface area (TPSA) is 70.4 Å². The first kappa shape index (κ1) is 23.3. The first-order valence-corrected chi connectivity index (χ1v) is 13.6. The Hall–Kier alpha value is -3.16. The lowest BCUT2D eigenvalue weighted by Crippen LogP contribution is -2.52. The predicted molar refractivity (Wildman–Crippen MR) is 143 cm³/mol. The van der Waals surface area contributed by atoms with E-state index in [1.54, 1.807) is 6.33 Å². The molecule has 190 valence electrons. The molecule has 0 saturated carbocycles. The fraction of sp³-hybridized carbons (Fsp3) is 0.571. The summed E-state index contributed by atoms with van der Waals surface area (Å²) in [6.07, 6.45) is 8.23. The van der Waals surface area contributed by atoms with Crippen molar-refractivity contribution in [3.63, 3.8) is 0 Å². The fourth-order valence-electron chi connectivity index (χ4n) is 6.23. The van der Waals surface area contributed by atoms with E-state index in [4.69, 9.17) is 4.98 Å². The smallest absolute Gasteiger partial charge is 0.227 e. The van der Waals surface area contributed by atoms with Gasteiger partial charge in [0.1, 0.15) is 12.2 Å². The monoisotopic (exact) mass is 487 g/mol. The summed E-state index contributed by atoms with van der Waals surface area (Å²) >= 11 is 0. The number of benzene rings is 1. The second kappa shape index (κ2) is 9.71. The standard InChI is InChI=1S/C28H37N7O/c1-20-8-6-10-23(21(20)2)32-14-16-33(17-15-32)28(36)22-9-7-12-34(18-22)26-25-27(30-19-29-26)35-13-5-3-4-11-24(35)31-25/h6,8,10,19,22H,3-5,7,9,11-18H2,1-2H3/t22-/m0/s1. The number of piperidine rings is 1. The van der Waals surface area contributed by atoms with Gasteiger partial charge in [0.15, 0.2) is 17.0 Å². The van der Waals surface area contributed by atoms with Crippen molar-refractivity contribution in [1.82, 2.24) is 24.4 Å². The molecule has 1 aromatic carbocycles. The lowest BCUT2D eigenvalue weighted by Gasteiger charge is -2.40. The van der Waals surface area contributed by atoms with E-state index in [-0.39, 0.29) is 5.92 Å². The van der Waals surface area contributed by atoms with Gasteiger partial charge in [0.05, 0.1) is 5.92 Å². The molecule has 8 heteroatoms. The number of piperazine rings is 1. The molecule has 1 amide bonds. The van der Waals surface area contributed by atoms with E-state index >= 15 is 0 Å². The molecule has 0 aliphatic carbocycles. The molecule has 8 nitrogen and oxygen atoms in total. The van der Waals surface area contributed by atoms with Crippen LogP contribution >= 0.6 is 0 Å². The van der Waals surface area contributed by atoms with E-state index in [0.29, 0.717) is 12.5 Å². The number of rotatable bonds is 3. The van der Waals surface area contributed by atoms with Gasteiger partial charge in [-0.05, 0) is 56.7 Å². The first-order valence-electron chi connectivity index (χ1n) is 13.6. The quantitative estimate of drug-likeness (QED) is 0.561. The molecule has 0 spiro atoms. The van der Waals surface area contributed by atoms with Crippen LogP contribution in [0.3, 0.4) is 0 Å². The van der Waals surface area contributed by atoms with Crippen molar-refractivity contribution in [2.45, 2.75) is 58.9 Å². The lowest BCUT2D eigenvalue weighted by atomic mass is 9.96. The highest BCUT2D eigenvalue weighted by molar-refractivity contribution is 5.85. The normalized spacial score (nSPS) is 20.9. The lowest BCUT2D eigenvalue weighted by molar-refractivity contribution is -0.136. The van der Waals surface area contributed by atoms with E-state index in [0.717, 1.165) is 81.3 Å². The summed E-state index contributed by atoms with van der Waals surface area (Å²) in [5.74, 6) is 2.34. The minimum atomic E-state index is 0.0106. The molecule has 3 aliphatic heterocycles. The molecule has 6 rings (SSSR count). The number of carbonyl (C=O) groups is 1. The minimum Gasteiger partial charge on any atom is -0.368 e. The molecule has 1 atom stereocenters. The number of carbonyl (C=O) groups excluding carboxylic acids is 1. The molecule has 3 aliphatic rings. The average Bonchev–Trinajstić information content (AvgIpc) is 3.10. The zero-order valence-corrected chi connectivity index (χ0v) is 21.6. The van der Waals surface area contributed by atoms with Crippen LogP contribution in [0.5, 0.6) is 0 Å².